The highest BCUT2D eigenvalue weighted by Crippen LogP contribution is 2.25. The van der Waals surface area contributed by atoms with Crippen molar-refractivity contribution in [2.45, 2.75) is 13.8 Å². The van der Waals surface area contributed by atoms with E-state index >= 15 is 0 Å². The Morgan fingerprint density at radius 2 is 1.03 bits per heavy atom. The van der Waals surface area contributed by atoms with Gasteiger partial charge in [-0.2, -0.15) is 10.2 Å². The average molecular weight is 947 g/mol. The monoisotopic (exact) mass is 946 g/mol. The highest BCUT2D eigenvalue weighted by molar-refractivity contribution is 7.13. The minimum Gasteiger partial charge on any atom is -0.476 e. The van der Waals surface area contributed by atoms with E-state index in [-0.39, 0.29) is 22.5 Å². The Balaban J connectivity index is 0.000000161. The minimum atomic E-state index is -0.951. The second kappa shape index (κ2) is 21.6. The Morgan fingerprint density at radius 1 is 0.551 bits per heavy atom. The smallest absolute Gasteiger partial charge is 0.365 e. The molecule has 0 radical (unpaired) electrons. The van der Waals surface area contributed by atoms with Crippen LogP contribution in [-0.4, -0.2) is 58.9 Å². The fourth-order valence-electron chi connectivity index (χ4n) is 6.95. The zero-order valence-corrected chi connectivity index (χ0v) is 38.7. The average Bonchev–Trinajstić information content (AvgIpc) is 4.20. The van der Waals surface area contributed by atoms with Gasteiger partial charge in [-0.05, 0) is 85.7 Å². The SMILES string of the molecule is Cc1cnc(C(=O)Nc2cccc(C(=O)c3ccc4c(/C=C/c5ccccc5)n[nH]c4c3)c2)s1.Cc1cnc(C(=O)O)s1.Nc1cccc(C(=O)c2ccc3c(/C=C/c4ccccc4)n[nH]c3c2)c1. The first-order valence-corrected chi connectivity index (χ1v) is 23.0. The number of nitrogens with one attached hydrogen (secondary N) is 3. The molecule has 4 heterocycles. The molecule has 0 spiro atoms. The van der Waals surface area contributed by atoms with Gasteiger partial charge in [0.1, 0.15) is 0 Å². The molecule has 0 atom stereocenters. The number of nitrogens with zero attached hydrogens (tertiary/aromatic N) is 4. The number of anilines is 2. The summed E-state index contributed by atoms with van der Waals surface area (Å²) in [6.45, 7) is 3.72. The van der Waals surface area contributed by atoms with Crippen LogP contribution in [0, 0.1) is 13.8 Å². The summed E-state index contributed by atoms with van der Waals surface area (Å²) < 4.78 is 0. The molecule has 340 valence electrons. The fourth-order valence-corrected chi connectivity index (χ4v) is 8.21. The van der Waals surface area contributed by atoms with Crippen LogP contribution in [0.1, 0.15) is 83.7 Å². The fraction of sp³-hybridized carbons (Fsp3) is 0.0370. The van der Waals surface area contributed by atoms with E-state index in [1.165, 1.54) is 22.7 Å². The number of H-pyrrole nitrogens is 2. The van der Waals surface area contributed by atoms with E-state index in [0.29, 0.717) is 38.6 Å². The Morgan fingerprint density at radius 3 is 1.49 bits per heavy atom. The van der Waals surface area contributed by atoms with Gasteiger partial charge < -0.3 is 16.2 Å². The number of aromatic amines is 2. The summed E-state index contributed by atoms with van der Waals surface area (Å²) >= 11 is 2.51. The number of amides is 1. The summed E-state index contributed by atoms with van der Waals surface area (Å²) in [5, 5.41) is 28.4. The molecule has 1 amide bonds. The molecule has 0 fully saturated rings. The first-order chi connectivity index (χ1) is 33.5. The zero-order chi connectivity index (χ0) is 48.3. The van der Waals surface area contributed by atoms with Gasteiger partial charge >= 0.3 is 5.97 Å². The van der Waals surface area contributed by atoms with Crippen LogP contribution in [0.4, 0.5) is 11.4 Å². The van der Waals surface area contributed by atoms with Crippen LogP contribution in [-0.2, 0) is 0 Å². The number of nitrogens with two attached hydrogens (primary N) is 1. The molecule has 0 aliphatic heterocycles. The first kappa shape index (κ1) is 46.6. The van der Waals surface area contributed by atoms with Crippen LogP contribution in [0.15, 0.2) is 158 Å². The molecule has 4 aromatic heterocycles. The van der Waals surface area contributed by atoms with E-state index in [2.05, 4.69) is 35.7 Å². The van der Waals surface area contributed by atoms with Crippen molar-refractivity contribution in [3.05, 3.63) is 223 Å². The summed E-state index contributed by atoms with van der Waals surface area (Å²) in [7, 11) is 0. The standard InChI is InChI=1S/C27H20N4O2S.C22H17N3O.C5H5NO2S/c1-17-16-28-27(34-17)26(33)29-21-9-5-8-19(14-21)25(32)20-11-12-22-23(30-31-24(22)15-20)13-10-18-6-3-2-4-7-18;23-18-8-4-7-16(13-18)22(26)17-10-11-19-20(24-25-21(19)14-17)12-9-15-5-2-1-3-6-15;1-3-2-6-4(9-3)5(7)8/h2-16H,1H3,(H,29,33)(H,30,31);1-14H,23H2,(H,24,25);2H,1H3,(H,7,8)/b13-10+;12-9+;. The van der Waals surface area contributed by atoms with Crippen LogP contribution in [0.2, 0.25) is 0 Å². The third-order valence-electron chi connectivity index (χ3n) is 10.3. The number of carboxylic acid groups (broad SMARTS) is 1. The number of hydrogen-bond donors (Lipinski definition) is 5. The molecule has 69 heavy (non-hydrogen) atoms. The maximum atomic E-state index is 13.1. The van der Waals surface area contributed by atoms with Crippen molar-refractivity contribution in [1.29, 1.82) is 0 Å². The van der Waals surface area contributed by atoms with Crippen molar-refractivity contribution < 1.29 is 24.3 Å². The van der Waals surface area contributed by atoms with Gasteiger partial charge in [0, 0.05) is 66.5 Å². The maximum absolute atomic E-state index is 13.1. The first-order valence-electron chi connectivity index (χ1n) is 21.3. The second-order valence-electron chi connectivity index (χ2n) is 15.4. The topological polar surface area (TPSA) is 210 Å². The molecule has 13 nitrogen and oxygen atoms in total. The molecule has 10 rings (SSSR count). The Hall–Kier alpha value is -8.92. The molecule has 0 aliphatic rings. The normalized spacial score (nSPS) is 11.0. The minimum absolute atomic E-state index is 0.0600. The highest BCUT2D eigenvalue weighted by atomic mass is 32.1. The molecule has 0 saturated carbocycles. The molecular weight excluding hydrogens is 905 g/mol. The van der Waals surface area contributed by atoms with Crippen molar-refractivity contribution in [2.24, 2.45) is 0 Å². The molecule has 0 bridgehead atoms. The van der Waals surface area contributed by atoms with Crippen molar-refractivity contribution in [1.82, 2.24) is 30.4 Å². The van der Waals surface area contributed by atoms with Gasteiger partial charge in [0.15, 0.2) is 16.6 Å². The number of carbonyl (C=O) groups is 4. The molecule has 6 aromatic carbocycles. The predicted molar refractivity (Wildman–Crippen MR) is 276 cm³/mol. The lowest BCUT2D eigenvalue weighted by Gasteiger charge is -2.06. The van der Waals surface area contributed by atoms with Crippen molar-refractivity contribution >= 4 is 104 Å². The number of hydrogen-bond acceptors (Lipinski definition) is 11. The molecular formula is C54H42N8O5S2. The summed E-state index contributed by atoms with van der Waals surface area (Å²) in [4.78, 5) is 58.0. The Kier molecular flexibility index (Phi) is 14.6. The molecule has 0 saturated heterocycles. The van der Waals surface area contributed by atoms with E-state index < -0.39 is 5.97 Å². The largest absolute Gasteiger partial charge is 0.476 e. The van der Waals surface area contributed by atoms with Crippen LogP contribution in [0.25, 0.3) is 46.1 Å². The second-order valence-corrected chi connectivity index (χ2v) is 17.9. The van der Waals surface area contributed by atoms with E-state index in [4.69, 9.17) is 10.8 Å². The third kappa shape index (κ3) is 11.9. The molecule has 0 aliphatic carbocycles. The summed E-state index contributed by atoms with van der Waals surface area (Å²) in [5.74, 6) is -1.44. The Labute approximate surface area is 403 Å². The summed E-state index contributed by atoms with van der Waals surface area (Å²) in [5.41, 5.74) is 14.5. The van der Waals surface area contributed by atoms with Gasteiger partial charge in [-0.15, -0.1) is 22.7 Å². The van der Waals surface area contributed by atoms with E-state index in [9.17, 15) is 19.2 Å². The van der Waals surface area contributed by atoms with Gasteiger partial charge in [-0.1, -0.05) is 109 Å². The number of carboxylic acids is 1. The number of nitrogen functional groups attached to an aromatic ring is 1. The van der Waals surface area contributed by atoms with Gasteiger partial charge in [0.25, 0.3) is 5.91 Å². The van der Waals surface area contributed by atoms with Gasteiger partial charge in [-0.25, -0.2) is 14.8 Å². The number of carbonyl (C=O) groups excluding carboxylic acids is 3. The third-order valence-corrected chi connectivity index (χ3v) is 12.1. The van der Waals surface area contributed by atoms with Crippen LogP contribution < -0.4 is 11.1 Å². The zero-order valence-electron chi connectivity index (χ0n) is 37.1. The van der Waals surface area contributed by atoms with Crippen LogP contribution >= 0.6 is 22.7 Å². The lowest BCUT2D eigenvalue weighted by atomic mass is 10.0. The van der Waals surface area contributed by atoms with E-state index in [1.807, 2.05) is 123 Å². The number of ketones is 2. The summed E-state index contributed by atoms with van der Waals surface area (Å²) in [6.07, 6.45) is 11.1. The van der Waals surface area contributed by atoms with Crippen molar-refractivity contribution in [3.8, 4) is 0 Å². The maximum Gasteiger partial charge on any atom is 0.365 e. The van der Waals surface area contributed by atoms with Gasteiger partial charge in [0.2, 0.25) is 5.01 Å². The Bertz CT molecular complexity index is 3520. The molecule has 6 N–H and O–H groups in total. The number of benzene rings is 6. The lowest BCUT2D eigenvalue weighted by Crippen LogP contribution is -2.12. The number of rotatable bonds is 11. The van der Waals surface area contributed by atoms with Crippen molar-refractivity contribution in [3.63, 3.8) is 0 Å². The predicted octanol–water partition coefficient (Wildman–Crippen LogP) is 11.7. The highest BCUT2D eigenvalue weighted by Gasteiger charge is 2.16. The lowest BCUT2D eigenvalue weighted by molar-refractivity contribution is 0.0695. The van der Waals surface area contributed by atoms with Gasteiger partial charge in [-0.3, -0.25) is 24.6 Å². The van der Waals surface area contributed by atoms with Gasteiger partial charge in [0.05, 0.1) is 22.4 Å². The molecule has 15 heteroatoms. The molecule has 10 aromatic rings. The van der Waals surface area contributed by atoms with E-state index in [0.717, 1.165) is 54.1 Å². The quantitative estimate of drug-likeness (QED) is 0.0612. The van der Waals surface area contributed by atoms with Crippen LogP contribution in [0.5, 0.6) is 0 Å². The number of aryl methyl sites for hydroxylation is 2. The number of aromatic carboxylic acids is 1. The number of aromatic nitrogens is 6. The van der Waals surface area contributed by atoms with E-state index in [1.54, 1.807) is 73.1 Å². The number of fused-ring (bicyclic) bond motifs is 2. The molecule has 0 unspecified atom stereocenters. The van der Waals surface area contributed by atoms with Crippen molar-refractivity contribution in [2.75, 3.05) is 11.1 Å². The summed E-state index contributed by atoms with van der Waals surface area (Å²) in [6, 6.07) is 45.0. The van der Waals surface area contributed by atoms with Crippen LogP contribution in [0.3, 0.4) is 0 Å². The number of thiazole rings is 2.